The predicted octanol–water partition coefficient (Wildman–Crippen LogP) is 3.70. The second-order valence-electron chi connectivity index (χ2n) is 5.18. The lowest BCUT2D eigenvalue weighted by Gasteiger charge is -2.08. The fraction of sp³-hybridized carbons (Fsp3) is 0.167. The van der Waals surface area contributed by atoms with E-state index in [1.54, 1.807) is 6.07 Å². The first kappa shape index (κ1) is 15.0. The third-order valence-corrected chi connectivity index (χ3v) is 3.48. The Kier molecular flexibility index (Phi) is 3.93. The quantitative estimate of drug-likeness (QED) is 0.795. The molecule has 0 unspecified atom stereocenters. The Morgan fingerprint density at radius 1 is 1.13 bits per heavy atom. The zero-order chi connectivity index (χ0) is 16.4. The molecule has 0 amide bonds. The molecule has 1 heterocycles. The van der Waals surface area contributed by atoms with E-state index < -0.39 is 5.97 Å². The number of hydrogen-bond donors (Lipinski definition) is 1. The van der Waals surface area contributed by atoms with Gasteiger partial charge in [-0.15, -0.1) is 0 Å². The van der Waals surface area contributed by atoms with Gasteiger partial charge in [0.1, 0.15) is 5.75 Å². The number of carbonyl (C=O) groups is 1. The molecule has 5 heteroatoms. The highest BCUT2D eigenvalue weighted by molar-refractivity contribution is 6.01. The molecular formula is C18H16N2O3. The van der Waals surface area contributed by atoms with E-state index in [0.29, 0.717) is 23.3 Å². The first-order valence-electron chi connectivity index (χ1n) is 7.33. The summed E-state index contributed by atoms with van der Waals surface area (Å²) in [4.78, 5) is 20.2. The van der Waals surface area contributed by atoms with Gasteiger partial charge in [0.2, 0.25) is 0 Å². The number of benzene rings is 2. The van der Waals surface area contributed by atoms with Crippen molar-refractivity contribution in [2.75, 3.05) is 6.61 Å². The van der Waals surface area contributed by atoms with Gasteiger partial charge in [-0.25, -0.2) is 14.8 Å². The second kappa shape index (κ2) is 6.04. The van der Waals surface area contributed by atoms with Gasteiger partial charge < -0.3 is 9.84 Å². The maximum absolute atomic E-state index is 11.5. The zero-order valence-electron chi connectivity index (χ0n) is 12.9. The summed E-state index contributed by atoms with van der Waals surface area (Å²) in [6.07, 6.45) is 0. The number of aryl methyl sites for hydroxylation is 1. The van der Waals surface area contributed by atoms with Crippen molar-refractivity contribution in [1.82, 2.24) is 9.97 Å². The standard InChI is InChI=1S/C18H16N2O3/c1-3-23-13-7-5-12(6-8-13)17-19-15-10-11(2)4-9-14(15)16(20-17)18(21)22/h4-10H,3H2,1-2H3,(H,21,22). The largest absolute Gasteiger partial charge is 0.494 e. The fourth-order valence-electron chi connectivity index (χ4n) is 2.40. The van der Waals surface area contributed by atoms with Crippen LogP contribution >= 0.6 is 0 Å². The number of aromatic carboxylic acids is 1. The summed E-state index contributed by atoms with van der Waals surface area (Å²) in [5, 5.41) is 9.97. The molecule has 0 saturated heterocycles. The molecular weight excluding hydrogens is 292 g/mol. The Bertz CT molecular complexity index is 873. The average molecular weight is 308 g/mol. The highest BCUT2D eigenvalue weighted by Gasteiger charge is 2.15. The van der Waals surface area contributed by atoms with E-state index in [1.165, 1.54) is 0 Å². The smallest absolute Gasteiger partial charge is 0.355 e. The summed E-state index contributed by atoms with van der Waals surface area (Å²) in [5.74, 6) is 0.0864. The zero-order valence-corrected chi connectivity index (χ0v) is 12.9. The van der Waals surface area contributed by atoms with Crippen molar-refractivity contribution in [2.24, 2.45) is 0 Å². The van der Waals surface area contributed by atoms with E-state index in [2.05, 4.69) is 9.97 Å². The van der Waals surface area contributed by atoms with Gasteiger partial charge in [-0.1, -0.05) is 12.1 Å². The first-order valence-corrected chi connectivity index (χ1v) is 7.33. The van der Waals surface area contributed by atoms with Crippen molar-refractivity contribution in [3.63, 3.8) is 0 Å². The van der Waals surface area contributed by atoms with Crippen LogP contribution in [0.15, 0.2) is 42.5 Å². The van der Waals surface area contributed by atoms with Crippen molar-refractivity contribution in [2.45, 2.75) is 13.8 Å². The third kappa shape index (κ3) is 2.99. The van der Waals surface area contributed by atoms with Gasteiger partial charge in [0.15, 0.2) is 11.5 Å². The molecule has 0 spiro atoms. The van der Waals surface area contributed by atoms with Crippen LogP contribution in [-0.4, -0.2) is 27.7 Å². The lowest BCUT2D eigenvalue weighted by atomic mass is 10.1. The molecule has 0 aliphatic heterocycles. The van der Waals surface area contributed by atoms with Crippen molar-refractivity contribution in [3.8, 4) is 17.1 Å². The SMILES string of the molecule is CCOc1ccc(-c2nc(C(=O)O)c3ccc(C)cc3n2)cc1. The van der Waals surface area contributed by atoms with Crippen molar-refractivity contribution in [1.29, 1.82) is 0 Å². The van der Waals surface area contributed by atoms with Crippen LogP contribution in [0.2, 0.25) is 0 Å². The normalized spacial score (nSPS) is 10.7. The maximum atomic E-state index is 11.5. The summed E-state index contributed by atoms with van der Waals surface area (Å²) in [6, 6.07) is 12.8. The number of aromatic nitrogens is 2. The molecule has 1 N–H and O–H groups in total. The molecule has 2 aromatic carbocycles. The average Bonchev–Trinajstić information content (AvgIpc) is 2.54. The second-order valence-corrected chi connectivity index (χ2v) is 5.18. The molecule has 0 aliphatic carbocycles. The molecule has 0 saturated carbocycles. The van der Waals surface area contributed by atoms with Gasteiger partial charge in [-0.3, -0.25) is 0 Å². The molecule has 0 radical (unpaired) electrons. The summed E-state index contributed by atoms with van der Waals surface area (Å²) < 4.78 is 5.41. The number of rotatable bonds is 4. The topological polar surface area (TPSA) is 72.3 Å². The van der Waals surface area contributed by atoms with E-state index >= 15 is 0 Å². The molecule has 0 fully saturated rings. The Balaban J connectivity index is 2.15. The summed E-state index contributed by atoms with van der Waals surface area (Å²) in [7, 11) is 0. The summed E-state index contributed by atoms with van der Waals surface area (Å²) >= 11 is 0. The van der Waals surface area contributed by atoms with Gasteiger partial charge in [-0.05, 0) is 49.7 Å². The number of hydrogen-bond acceptors (Lipinski definition) is 4. The molecule has 1 aromatic heterocycles. The lowest BCUT2D eigenvalue weighted by molar-refractivity contribution is 0.0693. The highest BCUT2D eigenvalue weighted by atomic mass is 16.5. The minimum atomic E-state index is -1.06. The molecule has 3 aromatic rings. The number of fused-ring (bicyclic) bond motifs is 1. The Morgan fingerprint density at radius 3 is 2.52 bits per heavy atom. The Labute approximate surface area is 133 Å². The maximum Gasteiger partial charge on any atom is 0.355 e. The predicted molar refractivity (Wildman–Crippen MR) is 87.8 cm³/mol. The van der Waals surface area contributed by atoms with E-state index in [0.717, 1.165) is 16.9 Å². The lowest BCUT2D eigenvalue weighted by Crippen LogP contribution is -2.05. The first-order chi connectivity index (χ1) is 11.1. The molecule has 0 atom stereocenters. The molecule has 0 bridgehead atoms. The number of carboxylic acid groups (broad SMARTS) is 1. The van der Waals surface area contributed by atoms with Crippen LogP contribution in [0, 0.1) is 6.92 Å². The van der Waals surface area contributed by atoms with Crippen LogP contribution < -0.4 is 4.74 Å². The molecule has 0 aliphatic rings. The number of carboxylic acids is 1. The van der Waals surface area contributed by atoms with E-state index in [1.807, 2.05) is 50.2 Å². The van der Waals surface area contributed by atoms with Gasteiger partial charge >= 0.3 is 5.97 Å². The van der Waals surface area contributed by atoms with Crippen molar-refractivity contribution >= 4 is 16.9 Å². The van der Waals surface area contributed by atoms with Crippen molar-refractivity contribution < 1.29 is 14.6 Å². The minimum Gasteiger partial charge on any atom is -0.494 e. The molecule has 5 nitrogen and oxygen atoms in total. The van der Waals surface area contributed by atoms with Crippen LogP contribution in [0.3, 0.4) is 0 Å². The Morgan fingerprint density at radius 2 is 1.87 bits per heavy atom. The van der Waals surface area contributed by atoms with Gasteiger partial charge in [-0.2, -0.15) is 0 Å². The number of ether oxygens (including phenoxy) is 1. The highest BCUT2D eigenvalue weighted by Crippen LogP contribution is 2.24. The van der Waals surface area contributed by atoms with Crippen LogP contribution in [0.4, 0.5) is 0 Å². The van der Waals surface area contributed by atoms with Crippen LogP contribution in [0.5, 0.6) is 5.75 Å². The number of nitrogens with zero attached hydrogens (tertiary/aromatic N) is 2. The minimum absolute atomic E-state index is 0.0129. The van der Waals surface area contributed by atoms with Gasteiger partial charge in [0.05, 0.1) is 12.1 Å². The molecule has 116 valence electrons. The Hall–Kier alpha value is -2.95. The van der Waals surface area contributed by atoms with Crippen LogP contribution in [-0.2, 0) is 0 Å². The van der Waals surface area contributed by atoms with E-state index in [4.69, 9.17) is 4.74 Å². The third-order valence-electron chi connectivity index (χ3n) is 3.48. The van der Waals surface area contributed by atoms with E-state index in [-0.39, 0.29) is 5.69 Å². The van der Waals surface area contributed by atoms with Gasteiger partial charge in [0, 0.05) is 10.9 Å². The van der Waals surface area contributed by atoms with Gasteiger partial charge in [0.25, 0.3) is 0 Å². The fourth-order valence-corrected chi connectivity index (χ4v) is 2.40. The van der Waals surface area contributed by atoms with Crippen LogP contribution in [0.1, 0.15) is 23.0 Å². The van der Waals surface area contributed by atoms with E-state index in [9.17, 15) is 9.90 Å². The molecule has 23 heavy (non-hydrogen) atoms. The van der Waals surface area contributed by atoms with Crippen LogP contribution in [0.25, 0.3) is 22.3 Å². The monoisotopic (exact) mass is 308 g/mol. The van der Waals surface area contributed by atoms with Crippen molar-refractivity contribution in [3.05, 3.63) is 53.7 Å². The molecule has 3 rings (SSSR count). The summed E-state index contributed by atoms with van der Waals surface area (Å²) in [5.41, 5.74) is 2.41. The summed E-state index contributed by atoms with van der Waals surface area (Å²) in [6.45, 7) is 4.45.